The van der Waals surface area contributed by atoms with Crippen LogP contribution in [0.25, 0.3) is 0 Å². The minimum atomic E-state index is 0.619. The van der Waals surface area contributed by atoms with Gasteiger partial charge in [0.25, 0.3) is 0 Å². The molecule has 0 saturated heterocycles. The second kappa shape index (κ2) is 6.01. The zero-order valence-corrected chi connectivity index (χ0v) is 10.9. The van der Waals surface area contributed by atoms with Gasteiger partial charge in [-0.25, -0.2) is 0 Å². The molecular weight excluding hydrogens is 254 g/mol. The van der Waals surface area contributed by atoms with E-state index in [2.05, 4.69) is 29.8 Å². The summed E-state index contributed by atoms with van der Waals surface area (Å²) in [6, 6.07) is 5.71. The molecule has 1 rings (SSSR count). The first-order valence-corrected chi connectivity index (χ1v) is 6.14. The summed E-state index contributed by atoms with van der Waals surface area (Å²) >= 11 is 3.37. The van der Waals surface area contributed by atoms with E-state index < -0.39 is 0 Å². The Hall–Kier alpha value is -0.700. The van der Waals surface area contributed by atoms with Gasteiger partial charge in [0.2, 0.25) is 0 Å². The van der Waals surface area contributed by atoms with E-state index in [9.17, 15) is 0 Å². The highest BCUT2D eigenvalue weighted by Crippen LogP contribution is 2.26. The van der Waals surface area contributed by atoms with E-state index in [0.717, 1.165) is 29.7 Å². The molecule has 1 aromatic carbocycles. The van der Waals surface area contributed by atoms with Crippen molar-refractivity contribution in [3.05, 3.63) is 22.7 Å². The zero-order valence-electron chi connectivity index (χ0n) is 9.29. The Kier molecular flexibility index (Phi) is 4.95. The molecule has 0 spiro atoms. The van der Waals surface area contributed by atoms with Crippen LogP contribution in [0, 0.1) is 5.92 Å². The van der Waals surface area contributed by atoms with Crippen molar-refractivity contribution in [1.82, 2.24) is 0 Å². The summed E-state index contributed by atoms with van der Waals surface area (Å²) in [4.78, 5) is 0. The molecule has 0 aliphatic carbocycles. The van der Waals surface area contributed by atoms with Crippen molar-refractivity contribution in [2.45, 2.75) is 26.7 Å². The number of ether oxygens (including phenoxy) is 1. The first-order valence-electron chi connectivity index (χ1n) is 5.35. The van der Waals surface area contributed by atoms with Crippen LogP contribution >= 0.6 is 15.9 Å². The molecule has 0 fully saturated rings. The molecule has 15 heavy (non-hydrogen) atoms. The number of nitrogen functional groups attached to an aromatic ring is 1. The minimum absolute atomic E-state index is 0.619. The van der Waals surface area contributed by atoms with Crippen LogP contribution in [-0.2, 0) is 0 Å². The highest BCUT2D eigenvalue weighted by atomic mass is 79.9. The Morgan fingerprint density at radius 3 is 2.53 bits per heavy atom. The maximum absolute atomic E-state index is 5.84. The summed E-state index contributed by atoms with van der Waals surface area (Å²) in [5, 5.41) is 0. The summed E-state index contributed by atoms with van der Waals surface area (Å²) in [6.45, 7) is 5.11. The molecule has 0 bridgehead atoms. The van der Waals surface area contributed by atoms with Gasteiger partial charge in [-0.2, -0.15) is 0 Å². The van der Waals surface area contributed by atoms with Crippen molar-refractivity contribution < 1.29 is 4.74 Å². The Bertz CT molecular complexity index is 310. The molecule has 84 valence electrons. The van der Waals surface area contributed by atoms with Gasteiger partial charge in [-0.3, -0.25) is 0 Å². The monoisotopic (exact) mass is 271 g/mol. The van der Waals surface area contributed by atoms with E-state index in [-0.39, 0.29) is 0 Å². The third-order valence-corrected chi connectivity index (χ3v) is 3.09. The Morgan fingerprint density at radius 2 is 2.00 bits per heavy atom. The molecule has 0 aromatic heterocycles. The number of hydrogen-bond acceptors (Lipinski definition) is 2. The third-order valence-electron chi connectivity index (χ3n) is 2.60. The molecule has 3 heteroatoms. The zero-order chi connectivity index (χ0) is 11.3. The van der Waals surface area contributed by atoms with E-state index in [1.807, 2.05) is 18.2 Å². The molecule has 0 aliphatic heterocycles. The number of nitrogens with two attached hydrogens (primary N) is 1. The Labute approximate surface area is 99.9 Å². The van der Waals surface area contributed by atoms with Crippen molar-refractivity contribution in [2.75, 3.05) is 12.3 Å². The van der Waals surface area contributed by atoms with Gasteiger partial charge < -0.3 is 10.5 Å². The molecule has 0 radical (unpaired) electrons. The lowest BCUT2D eigenvalue weighted by atomic mass is 10.1. The fraction of sp³-hybridized carbons (Fsp3) is 0.500. The standard InChI is InChI=1S/C12H18BrNO/c1-3-9(4-2)8-15-12-6-5-10(13)7-11(12)14/h5-7,9H,3-4,8,14H2,1-2H3. The average molecular weight is 272 g/mol. The largest absolute Gasteiger partial charge is 0.491 e. The molecule has 0 heterocycles. The summed E-state index contributed by atoms with van der Waals surface area (Å²) in [5.41, 5.74) is 6.53. The van der Waals surface area contributed by atoms with E-state index in [0.29, 0.717) is 11.6 Å². The van der Waals surface area contributed by atoms with Crippen LogP contribution in [0.2, 0.25) is 0 Å². The summed E-state index contributed by atoms with van der Waals surface area (Å²) < 4.78 is 6.67. The van der Waals surface area contributed by atoms with Crippen LogP contribution in [0.3, 0.4) is 0 Å². The van der Waals surface area contributed by atoms with Crippen molar-refractivity contribution in [3.8, 4) is 5.75 Å². The van der Waals surface area contributed by atoms with Crippen LogP contribution in [-0.4, -0.2) is 6.61 Å². The molecule has 2 nitrogen and oxygen atoms in total. The maximum Gasteiger partial charge on any atom is 0.142 e. The predicted molar refractivity (Wildman–Crippen MR) is 68.1 cm³/mol. The van der Waals surface area contributed by atoms with E-state index in [1.165, 1.54) is 0 Å². The number of hydrogen-bond donors (Lipinski definition) is 1. The van der Waals surface area contributed by atoms with E-state index >= 15 is 0 Å². The molecule has 1 aromatic rings. The molecule has 0 saturated carbocycles. The quantitative estimate of drug-likeness (QED) is 0.826. The molecule has 0 amide bonds. The molecule has 2 N–H and O–H groups in total. The highest BCUT2D eigenvalue weighted by molar-refractivity contribution is 9.10. The van der Waals surface area contributed by atoms with Crippen molar-refractivity contribution in [3.63, 3.8) is 0 Å². The van der Waals surface area contributed by atoms with Gasteiger partial charge in [-0.05, 0) is 24.1 Å². The second-order valence-electron chi connectivity index (χ2n) is 3.68. The van der Waals surface area contributed by atoms with Crippen LogP contribution in [0.1, 0.15) is 26.7 Å². The minimum Gasteiger partial charge on any atom is -0.491 e. The first-order chi connectivity index (χ1) is 7.17. The Morgan fingerprint density at radius 1 is 1.33 bits per heavy atom. The topological polar surface area (TPSA) is 35.2 Å². The molecule has 0 unspecified atom stereocenters. The smallest absolute Gasteiger partial charge is 0.142 e. The van der Waals surface area contributed by atoms with E-state index in [4.69, 9.17) is 10.5 Å². The lowest BCUT2D eigenvalue weighted by Gasteiger charge is -2.15. The summed E-state index contributed by atoms with van der Waals surface area (Å²) in [6.07, 6.45) is 2.29. The van der Waals surface area contributed by atoms with E-state index in [1.54, 1.807) is 0 Å². The highest BCUT2D eigenvalue weighted by Gasteiger charge is 2.06. The van der Waals surface area contributed by atoms with Crippen molar-refractivity contribution in [1.29, 1.82) is 0 Å². The Balaban J connectivity index is 2.57. The summed E-state index contributed by atoms with van der Waals surface area (Å²) in [5.74, 6) is 1.40. The van der Waals surface area contributed by atoms with Gasteiger partial charge >= 0.3 is 0 Å². The maximum atomic E-state index is 5.84. The van der Waals surface area contributed by atoms with Crippen LogP contribution in [0.4, 0.5) is 5.69 Å². The first kappa shape index (κ1) is 12.4. The molecule has 0 atom stereocenters. The normalized spacial score (nSPS) is 10.7. The lowest BCUT2D eigenvalue weighted by molar-refractivity contribution is 0.242. The fourth-order valence-corrected chi connectivity index (χ4v) is 1.76. The van der Waals surface area contributed by atoms with Gasteiger partial charge in [-0.1, -0.05) is 42.6 Å². The van der Waals surface area contributed by atoms with Crippen LogP contribution in [0.15, 0.2) is 22.7 Å². The molecular formula is C12H18BrNO. The SMILES string of the molecule is CCC(CC)COc1ccc(Br)cc1N. The second-order valence-corrected chi connectivity index (χ2v) is 4.59. The van der Waals surface area contributed by atoms with Gasteiger partial charge in [0, 0.05) is 4.47 Å². The van der Waals surface area contributed by atoms with Crippen LogP contribution < -0.4 is 10.5 Å². The van der Waals surface area contributed by atoms with Gasteiger partial charge in [-0.15, -0.1) is 0 Å². The van der Waals surface area contributed by atoms with Crippen molar-refractivity contribution in [2.24, 2.45) is 5.92 Å². The van der Waals surface area contributed by atoms with Crippen molar-refractivity contribution >= 4 is 21.6 Å². The number of anilines is 1. The molecule has 0 aliphatic rings. The number of rotatable bonds is 5. The van der Waals surface area contributed by atoms with Gasteiger partial charge in [0.15, 0.2) is 0 Å². The lowest BCUT2D eigenvalue weighted by Crippen LogP contribution is -2.10. The number of benzene rings is 1. The van der Waals surface area contributed by atoms with Gasteiger partial charge in [0.05, 0.1) is 12.3 Å². The predicted octanol–water partition coefficient (Wildman–Crippen LogP) is 3.85. The number of halogens is 1. The van der Waals surface area contributed by atoms with Crippen LogP contribution in [0.5, 0.6) is 5.75 Å². The fourth-order valence-electron chi connectivity index (χ4n) is 1.38. The third kappa shape index (κ3) is 3.74. The summed E-state index contributed by atoms with van der Waals surface area (Å²) in [7, 11) is 0. The van der Waals surface area contributed by atoms with Gasteiger partial charge in [0.1, 0.15) is 5.75 Å². The average Bonchev–Trinajstić information content (AvgIpc) is 2.22.